The number of rotatable bonds is 3. The number of aryl methyl sites for hydroxylation is 1. The number of fused-ring (bicyclic) bond motifs is 1. The number of benzene rings is 1. The maximum absolute atomic E-state index is 3.87. The Labute approximate surface area is 124 Å². The van der Waals surface area contributed by atoms with Crippen LogP contribution in [0.1, 0.15) is 5.56 Å². The summed E-state index contributed by atoms with van der Waals surface area (Å²) in [5, 5.41) is 1.25. The minimum Gasteiger partial charge on any atom is -0.331 e. The molecule has 2 nitrogen and oxygen atoms in total. The lowest BCUT2D eigenvalue weighted by Gasteiger charge is -2.18. The molecule has 1 aliphatic heterocycles. The fourth-order valence-electron chi connectivity index (χ4n) is 2.23. The summed E-state index contributed by atoms with van der Waals surface area (Å²) in [5.41, 5.74) is 2.48. The minimum absolute atomic E-state index is 0.830. The molecular weight excluding hydrogens is 264 g/mol. The lowest BCUT2D eigenvalue weighted by Crippen LogP contribution is -2.25. The molecule has 20 heavy (non-hydrogen) atoms. The third-order valence-electron chi connectivity index (χ3n) is 3.24. The minimum atomic E-state index is 0.830. The smallest absolute Gasteiger partial charge is 0.169 e. The predicted octanol–water partition coefficient (Wildman–Crippen LogP) is 3.61. The topological polar surface area (TPSA) is 7.12 Å². The zero-order valence-corrected chi connectivity index (χ0v) is 12.3. The van der Waals surface area contributed by atoms with E-state index in [1.807, 2.05) is 29.5 Å². The Morgan fingerprint density at radius 3 is 2.70 bits per heavy atom. The van der Waals surface area contributed by atoms with Gasteiger partial charge in [-0.25, -0.2) is 4.57 Å². The van der Waals surface area contributed by atoms with E-state index < -0.39 is 0 Å². The Kier molecular flexibility index (Phi) is 3.61. The van der Waals surface area contributed by atoms with Gasteiger partial charge in [0.05, 0.1) is 10.7 Å². The number of thioether (sulfide) groups is 1. The highest BCUT2D eigenvalue weighted by atomic mass is 32.2. The first-order chi connectivity index (χ1) is 9.78. The summed E-state index contributed by atoms with van der Waals surface area (Å²) in [4.78, 5) is 3.61. The molecule has 0 radical (unpaired) electrons. The van der Waals surface area contributed by atoms with Gasteiger partial charge in [0.2, 0.25) is 0 Å². The maximum Gasteiger partial charge on any atom is 0.169 e. The molecule has 3 rings (SSSR count). The van der Waals surface area contributed by atoms with Crippen molar-refractivity contribution in [2.75, 3.05) is 11.4 Å². The van der Waals surface area contributed by atoms with Crippen LogP contribution in [0.5, 0.6) is 0 Å². The van der Waals surface area contributed by atoms with Crippen LogP contribution < -0.4 is 9.47 Å². The molecule has 1 aromatic carbocycles. The Balaban J connectivity index is 1.97. The Morgan fingerprint density at radius 1 is 1.20 bits per heavy atom. The molecule has 0 spiro atoms. The second kappa shape index (κ2) is 5.55. The van der Waals surface area contributed by atoms with E-state index in [1.54, 1.807) is 0 Å². The molecule has 2 aromatic rings. The normalized spacial score (nSPS) is 15.4. The number of aromatic nitrogens is 1. The van der Waals surface area contributed by atoms with E-state index >= 15 is 0 Å². The lowest BCUT2D eigenvalue weighted by molar-refractivity contribution is -0.671. The Hall–Kier alpha value is -2.00. The quantitative estimate of drug-likeness (QED) is 0.627. The van der Waals surface area contributed by atoms with Gasteiger partial charge in [0, 0.05) is 23.6 Å². The predicted molar refractivity (Wildman–Crippen MR) is 85.4 cm³/mol. The molecule has 0 saturated heterocycles. The lowest BCUT2D eigenvalue weighted by atomic mass is 10.2. The van der Waals surface area contributed by atoms with Crippen molar-refractivity contribution in [3.8, 4) is 0 Å². The molecule has 0 atom stereocenters. The largest absolute Gasteiger partial charge is 0.331 e. The summed E-state index contributed by atoms with van der Waals surface area (Å²) in [6.07, 6.45) is 8.31. The summed E-state index contributed by atoms with van der Waals surface area (Å²) in [6, 6.07) is 12.8. The molecule has 1 aromatic heterocycles. The van der Waals surface area contributed by atoms with E-state index in [1.165, 1.54) is 21.2 Å². The van der Waals surface area contributed by atoms with E-state index in [4.69, 9.17) is 0 Å². The highest BCUT2D eigenvalue weighted by molar-refractivity contribution is 8.03. The van der Waals surface area contributed by atoms with Crippen molar-refractivity contribution in [1.82, 2.24) is 0 Å². The number of pyridine rings is 1. The third-order valence-corrected chi connectivity index (χ3v) is 4.36. The second-order valence-electron chi connectivity index (χ2n) is 4.75. The van der Waals surface area contributed by atoms with Crippen molar-refractivity contribution in [2.45, 2.75) is 4.90 Å². The van der Waals surface area contributed by atoms with Crippen LogP contribution in [0.15, 0.2) is 71.4 Å². The molecular formula is C17H17N2S+. The fraction of sp³-hybridized carbons (Fsp3) is 0.118. The van der Waals surface area contributed by atoms with Crippen molar-refractivity contribution in [2.24, 2.45) is 7.05 Å². The van der Waals surface area contributed by atoms with Crippen molar-refractivity contribution < 1.29 is 4.57 Å². The van der Waals surface area contributed by atoms with Gasteiger partial charge in [-0.2, -0.15) is 0 Å². The van der Waals surface area contributed by atoms with E-state index in [9.17, 15) is 0 Å². The molecule has 1 aliphatic rings. The van der Waals surface area contributed by atoms with E-state index in [-0.39, 0.29) is 0 Å². The number of anilines is 1. The van der Waals surface area contributed by atoms with Gasteiger partial charge >= 0.3 is 0 Å². The SMILES string of the molecule is C=CCN1/C(=C/c2cc[n+](C)cc2)Sc2ccccc21. The first-order valence-corrected chi connectivity index (χ1v) is 7.42. The highest BCUT2D eigenvalue weighted by Gasteiger charge is 2.23. The standard InChI is InChI=1S/C17H17N2S/c1-3-10-19-15-6-4-5-7-16(15)20-17(19)13-14-8-11-18(2)12-9-14/h3-9,11-13H,1,10H2,2H3/q+1. The maximum atomic E-state index is 3.87. The van der Waals surface area contributed by atoms with Crippen molar-refractivity contribution in [1.29, 1.82) is 0 Å². The van der Waals surface area contributed by atoms with Crippen LogP contribution in [0.2, 0.25) is 0 Å². The van der Waals surface area contributed by atoms with Gasteiger partial charge < -0.3 is 4.90 Å². The van der Waals surface area contributed by atoms with Gasteiger partial charge in [0.25, 0.3) is 0 Å². The molecule has 0 bridgehead atoms. The molecule has 0 amide bonds. The summed E-state index contributed by atoms with van der Waals surface area (Å²) in [7, 11) is 2.03. The van der Waals surface area contributed by atoms with Crippen molar-refractivity contribution in [3.05, 3.63) is 72.0 Å². The molecule has 2 heterocycles. The summed E-state index contributed by atoms with van der Waals surface area (Å²) in [6.45, 7) is 4.70. The van der Waals surface area contributed by atoms with E-state index in [2.05, 4.69) is 66.3 Å². The zero-order chi connectivity index (χ0) is 13.9. The summed E-state index contributed by atoms with van der Waals surface area (Å²) in [5.74, 6) is 0. The van der Waals surface area contributed by atoms with Crippen LogP contribution >= 0.6 is 11.8 Å². The summed E-state index contributed by atoms with van der Waals surface area (Å²) < 4.78 is 2.04. The molecule has 100 valence electrons. The molecule has 0 unspecified atom stereocenters. The number of hydrogen-bond acceptors (Lipinski definition) is 2. The first kappa shape index (κ1) is 13.0. The third kappa shape index (κ3) is 2.49. The molecule has 0 fully saturated rings. The van der Waals surface area contributed by atoms with Crippen molar-refractivity contribution >= 4 is 23.5 Å². The Morgan fingerprint density at radius 2 is 1.95 bits per heavy atom. The van der Waals surface area contributed by atoms with Gasteiger partial charge in [-0.05, 0) is 23.8 Å². The van der Waals surface area contributed by atoms with Gasteiger partial charge in [-0.15, -0.1) is 6.58 Å². The fourth-order valence-corrected chi connectivity index (χ4v) is 3.36. The highest BCUT2D eigenvalue weighted by Crippen LogP contribution is 2.46. The molecule has 0 N–H and O–H groups in total. The van der Waals surface area contributed by atoms with Crippen LogP contribution in [-0.4, -0.2) is 6.54 Å². The summed E-state index contributed by atoms with van der Waals surface area (Å²) >= 11 is 1.82. The average Bonchev–Trinajstić information content (AvgIpc) is 2.80. The Bertz CT molecular complexity index is 659. The van der Waals surface area contributed by atoms with Crippen LogP contribution in [0, 0.1) is 0 Å². The van der Waals surface area contributed by atoms with Gasteiger partial charge in [0.15, 0.2) is 12.4 Å². The van der Waals surface area contributed by atoms with Gasteiger partial charge in [0.1, 0.15) is 7.05 Å². The second-order valence-corrected chi connectivity index (χ2v) is 5.81. The van der Waals surface area contributed by atoms with Gasteiger partial charge in [-0.1, -0.05) is 30.0 Å². The molecule has 0 aliphatic carbocycles. The number of para-hydroxylation sites is 1. The zero-order valence-electron chi connectivity index (χ0n) is 11.5. The van der Waals surface area contributed by atoms with E-state index in [0.717, 1.165) is 6.54 Å². The van der Waals surface area contributed by atoms with Crippen LogP contribution in [-0.2, 0) is 7.05 Å². The number of nitrogens with zero attached hydrogens (tertiary/aromatic N) is 2. The van der Waals surface area contributed by atoms with Crippen LogP contribution in [0.25, 0.3) is 6.08 Å². The van der Waals surface area contributed by atoms with Crippen molar-refractivity contribution in [3.63, 3.8) is 0 Å². The first-order valence-electron chi connectivity index (χ1n) is 6.60. The average molecular weight is 281 g/mol. The van der Waals surface area contributed by atoms with Crippen LogP contribution in [0.4, 0.5) is 5.69 Å². The molecule has 3 heteroatoms. The van der Waals surface area contributed by atoms with Crippen LogP contribution in [0.3, 0.4) is 0 Å². The van der Waals surface area contributed by atoms with E-state index in [0.29, 0.717) is 0 Å². The number of hydrogen-bond donors (Lipinski definition) is 0. The monoisotopic (exact) mass is 281 g/mol. The van der Waals surface area contributed by atoms with Gasteiger partial charge in [-0.3, -0.25) is 0 Å². The molecule has 0 saturated carbocycles.